The topological polar surface area (TPSA) is 93.2 Å². The van der Waals surface area contributed by atoms with Gasteiger partial charge in [-0.05, 0) is 13.0 Å². The van der Waals surface area contributed by atoms with Crippen LogP contribution >= 0.6 is 0 Å². The van der Waals surface area contributed by atoms with Crippen LogP contribution in [0.3, 0.4) is 0 Å². The van der Waals surface area contributed by atoms with E-state index in [1.165, 1.54) is 13.0 Å². The second-order valence-corrected chi connectivity index (χ2v) is 3.31. The highest BCUT2D eigenvalue weighted by Gasteiger charge is 2.31. The average Bonchev–Trinajstić information content (AvgIpc) is 2.36. The molecule has 19 heavy (non-hydrogen) atoms. The second-order valence-electron chi connectivity index (χ2n) is 3.31. The van der Waals surface area contributed by atoms with Crippen molar-refractivity contribution in [1.82, 2.24) is 0 Å². The number of nitro benzene ring substituents is 1. The van der Waals surface area contributed by atoms with Gasteiger partial charge in [-0.3, -0.25) is 10.1 Å². The van der Waals surface area contributed by atoms with Gasteiger partial charge in [-0.1, -0.05) is 0 Å². The second kappa shape index (κ2) is 5.86. The number of halogens is 2. The Morgan fingerprint density at radius 2 is 2.21 bits per heavy atom. The number of benzene rings is 1. The van der Waals surface area contributed by atoms with Crippen LogP contribution in [0.5, 0.6) is 0 Å². The molecule has 0 aliphatic rings. The van der Waals surface area contributed by atoms with Gasteiger partial charge < -0.3 is 4.74 Å². The molecule has 0 aliphatic carbocycles. The summed E-state index contributed by atoms with van der Waals surface area (Å²) in [6.07, 6.45) is -3.20. The van der Waals surface area contributed by atoms with Crippen LogP contribution < -0.4 is 0 Å². The van der Waals surface area contributed by atoms with Gasteiger partial charge in [0.1, 0.15) is 5.56 Å². The Kier molecular flexibility index (Phi) is 4.47. The Balaban J connectivity index is 3.64. The third-order valence-electron chi connectivity index (χ3n) is 2.24. The van der Waals surface area contributed by atoms with Crippen molar-refractivity contribution in [2.45, 2.75) is 13.3 Å². The molecule has 1 aromatic rings. The minimum atomic E-state index is -3.20. The van der Waals surface area contributed by atoms with E-state index < -0.39 is 39.7 Å². The fraction of sp³-hybridized carbons (Fsp3) is 0.273. The maximum Gasteiger partial charge on any atom is 0.345 e. The molecule has 0 saturated heterocycles. The number of esters is 1. The van der Waals surface area contributed by atoms with Crippen molar-refractivity contribution >= 4 is 11.7 Å². The van der Waals surface area contributed by atoms with Crippen molar-refractivity contribution in [2.75, 3.05) is 6.61 Å². The van der Waals surface area contributed by atoms with E-state index in [4.69, 9.17) is 5.26 Å². The zero-order valence-electron chi connectivity index (χ0n) is 9.72. The monoisotopic (exact) mass is 270 g/mol. The van der Waals surface area contributed by atoms with E-state index in [9.17, 15) is 23.7 Å². The van der Waals surface area contributed by atoms with Crippen molar-refractivity contribution in [3.8, 4) is 6.07 Å². The lowest BCUT2D eigenvalue weighted by atomic mass is 10.00. The maximum atomic E-state index is 12.9. The molecule has 1 rings (SSSR count). The lowest BCUT2D eigenvalue weighted by Crippen LogP contribution is -2.13. The van der Waals surface area contributed by atoms with Gasteiger partial charge >= 0.3 is 5.97 Å². The predicted octanol–water partition coefficient (Wildman–Crippen LogP) is 2.58. The minimum absolute atomic E-state index is 0.130. The highest BCUT2D eigenvalue weighted by atomic mass is 19.3. The number of nitro groups is 1. The summed E-state index contributed by atoms with van der Waals surface area (Å²) >= 11 is 0. The molecule has 0 radical (unpaired) electrons. The van der Waals surface area contributed by atoms with Gasteiger partial charge in [0.15, 0.2) is 0 Å². The molecule has 1 aromatic carbocycles. The normalized spacial score (nSPS) is 10.1. The third-order valence-corrected chi connectivity index (χ3v) is 2.24. The van der Waals surface area contributed by atoms with E-state index in [2.05, 4.69) is 4.74 Å². The number of ether oxygens (including phenoxy) is 1. The smallest absolute Gasteiger partial charge is 0.345 e. The summed E-state index contributed by atoms with van der Waals surface area (Å²) in [5.41, 5.74) is -3.16. The number of hydrogen-bond donors (Lipinski definition) is 0. The number of hydrogen-bond acceptors (Lipinski definition) is 5. The molecule has 0 fully saturated rings. The van der Waals surface area contributed by atoms with Crippen LogP contribution in [0.4, 0.5) is 14.5 Å². The molecule has 100 valence electrons. The number of carbonyl (C=O) groups is 1. The van der Waals surface area contributed by atoms with E-state index in [0.717, 1.165) is 12.1 Å². The molecule has 0 bridgehead atoms. The van der Waals surface area contributed by atoms with E-state index in [1.54, 1.807) is 0 Å². The molecule has 8 heteroatoms. The molecule has 0 N–H and O–H groups in total. The number of alkyl halides is 2. The van der Waals surface area contributed by atoms with Crippen LogP contribution in [-0.4, -0.2) is 17.5 Å². The maximum absolute atomic E-state index is 12.9. The van der Waals surface area contributed by atoms with Gasteiger partial charge in [-0.15, -0.1) is 0 Å². The lowest BCUT2D eigenvalue weighted by molar-refractivity contribution is -0.385. The fourth-order valence-corrected chi connectivity index (χ4v) is 1.50. The molecule has 6 nitrogen and oxygen atoms in total. The SMILES string of the molecule is CCOC(=O)c1c([N+](=O)[O-])ccc(C#N)c1C(F)F. The largest absolute Gasteiger partial charge is 0.462 e. The lowest BCUT2D eigenvalue weighted by Gasteiger charge is -2.10. The molecular formula is C11H8F2N2O4. The van der Waals surface area contributed by atoms with Crippen LogP contribution in [0, 0.1) is 21.4 Å². The first kappa shape index (κ1) is 14.5. The standard InChI is InChI=1S/C11H8F2N2O4/c1-2-19-11(16)9-7(15(17)18)4-3-6(5-14)8(9)10(12)13/h3-4,10H,2H2,1H3. The highest BCUT2D eigenvalue weighted by molar-refractivity contribution is 5.96. The molecule has 0 amide bonds. The van der Waals surface area contributed by atoms with Crippen LogP contribution in [0.1, 0.15) is 34.8 Å². The fourth-order valence-electron chi connectivity index (χ4n) is 1.50. The molecule has 0 unspecified atom stereocenters. The molecule has 0 atom stereocenters. The first-order valence-electron chi connectivity index (χ1n) is 5.10. The van der Waals surface area contributed by atoms with Crippen LogP contribution in [-0.2, 0) is 4.74 Å². The number of nitrogens with zero attached hydrogens (tertiary/aromatic N) is 2. The highest BCUT2D eigenvalue weighted by Crippen LogP contribution is 2.33. The van der Waals surface area contributed by atoms with E-state index in [0.29, 0.717) is 0 Å². The van der Waals surface area contributed by atoms with Crippen molar-refractivity contribution < 1.29 is 23.2 Å². The molecule has 0 saturated carbocycles. The number of rotatable bonds is 4. The number of nitriles is 1. The van der Waals surface area contributed by atoms with Gasteiger partial charge in [0.05, 0.1) is 28.7 Å². The van der Waals surface area contributed by atoms with E-state index in [-0.39, 0.29) is 6.61 Å². The Morgan fingerprint density at radius 1 is 1.58 bits per heavy atom. The summed E-state index contributed by atoms with van der Waals surface area (Å²) in [7, 11) is 0. The average molecular weight is 270 g/mol. The summed E-state index contributed by atoms with van der Waals surface area (Å²) in [6, 6.07) is 3.18. The van der Waals surface area contributed by atoms with Crippen LogP contribution in [0.15, 0.2) is 12.1 Å². The molecule has 0 heterocycles. The van der Waals surface area contributed by atoms with Crippen LogP contribution in [0.25, 0.3) is 0 Å². The number of carbonyl (C=O) groups excluding carboxylic acids is 1. The zero-order chi connectivity index (χ0) is 14.6. The Bertz CT molecular complexity index is 567. The molecule has 0 aliphatic heterocycles. The summed E-state index contributed by atoms with van der Waals surface area (Å²) in [5, 5.41) is 19.5. The van der Waals surface area contributed by atoms with Gasteiger partial charge in [-0.25, -0.2) is 13.6 Å². The van der Waals surface area contributed by atoms with Gasteiger partial charge in [0.25, 0.3) is 12.1 Å². The van der Waals surface area contributed by atoms with E-state index in [1.807, 2.05) is 0 Å². The summed E-state index contributed by atoms with van der Waals surface area (Å²) in [5.74, 6) is -1.25. The third kappa shape index (κ3) is 2.82. The summed E-state index contributed by atoms with van der Waals surface area (Å²) < 4.78 is 30.4. The molecule has 0 spiro atoms. The van der Waals surface area contributed by atoms with Gasteiger partial charge in [-0.2, -0.15) is 5.26 Å². The Hall–Kier alpha value is -2.56. The first-order chi connectivity index (χ1) is 8.93. The first-order valence-corrected chi connectivity index (χ1v) is 5.10. The van der Waals surface area contributed by atoms with Crippen molar-refractivity contribution in [3.63, 3.8) is 0 Å². The quantitative estimate of drug-likeness (QED) is 0.476. The molecule has 0 aromatic heterocycles. The van der Waals surface area contributed by atoms with Crippen LogP contribution in [0.2, 0.25) is 0 Å². The summed E-state index contributed by atoms with van der Waals surface area (Å²) in [4.78, 5) is 21.4. The zero-order valence-corrected chi connectivity index (χ0v) is 9.72. The Labute approximate surface area is 106 Å². The van der Waals surface area contributed by atoms with Crippen molar-refractivity contribution in [3.05, 3.63) is 38.9 Å². The van der Waals surface area contributed by atoms with Crippen molar-refractivity contribution in [1.29, 1.82) is 5.26 Å². The van der Waals surface area contributed by atoms with Gasteiger partial charge in [0, 0.05) is 6.07 Å². The van der Waals surface area contributed by atoms with Crippen molar-refractivity contribution in [2.24, 2.45) is 0 Å². The minimum Gasteiger partial charge on any atom is -0.462 e. The molecular weight excluding hydrogens is 262 g/mol. The predicted molar refractivity (Wildman–Crippen MR) is 58.7 cm³/mol. The summed E-state index contributed by atoms with van der Waals surface area (Å²) in [6.45, 7) is 1.30. The van der Waals surface area contributed by atoms with E-state index >= 15 is 0 Å². The van der Waals surface area contributed by atoms with Gasteiger partial charge in [0.2, 0.25) is 0 Å². The Morgan fingerprint density at radius 3 is 2.63 bits per heavy atom.